The van der Waals surface area contributed by atoms with E-state index in [-0.39, 0.29) is 28.9 Å². The van der Waals surface area contributed by atoms with Crippen molar-refractivity contribution in [3.8, 4) is 0 Å². The van der Waals surface area contributed by atoms with Gasteiger partial charge in [-0.15, -0.1) is 0 Å². The summed E-state index contributed by atoms with van der Waals surface area (Å²) in [4.78, 5) is 39.2. The highest BCUT2D eigenvalue weighted by atomic mass is 35.5. The molecule has 2 aromatic heterocycles. The number of carbonyl (C=O) groups is 1. The Morgan fingerprint density at radius 1 is 1.32 bits per heavy atom. The van der Waals surface area contributed by atoms with E-state index in [1.165, 1.54) is 30.3 Å². The molecule has 0 fully saturated rings. The normalized spacial score (nSPS) is 10.9. The lowest BCUT2D eigenvalue weighted by Gasteiger charge is -2.06. The van der Waals surface area contributed by atoms with E-state index >= 15 is 0 Å². The van der Waals surface area contributed by atoms with Crippen molar-refractivity contribution in [3.05, 3.63) is 26.1 Å². The van der Waals surface area contributed by atoms with Gasteiger partial charge in [0.2, 0.25) is 11.2 Å². The van der Waals surface area contributed by atoms with Crippen molar-refractivity contribution in [1.82, 2.24) is 24.0 Å². The summed E-state index contributed by atoms with van der Waals surface area (Å²) in [5.74, 6) is -0.322. The first-order chi connectivity index (χ1) is 8.88. The first-order valence-electron chi connectivity index (χ1n) is 5.40. The van der Waals surface area contributed by atoms with Crippen LogP contribution in [0.3, 0.4) is 0 Å². The first kappa shape index (κ1) is 13.3. The third kappa shape index (κ3) is 1.93. The van der Waals surface area contributed by atoms with E-state index in [2.05, 4.69) is 10.3 Å². The van der Waals surface area contributed by atoms with Crippen LogP contribution in [0.2, 0.25) is 5.28 Å². The number of rotatable bonds is 2. The number of hydrogen-bond donors (Lipinski definition) is 1. The van der Waals surface area contributed by atoms with Crippen LogP contribution < -0.4 is 16.6 Å². The first-order valence-corrected chi connectivity index (χ1v) is 5.78. The molecule has 1 N–H and O–H groups in total. The van der Waals surface area contributed by atoms with Gasteiger partial charge in [-0.1, -0.05) is 0 Å². The largest absolute Gasteiger partial charge is 0.358 e. The van der Waals surface area contributed by atoms with Crippen LogP contribution in [-0.4, -0.2) is 31.6 Å². The summed E-state index contributed by atoms with van der Waals surface area (Å²) in [6, 6.07) is 0. The second-order valence-corrected chi connectivity index (χ2v) is 4.36. The molecule has 0 aliphatic carbocycles. The van der Waals surface area contributed by atoms with Crippen LogP contribution in [0.25, 0.3) is 11.2 Å². The third-order valence-corrected chi connectivity index (χ3v) is 3.17. The van der Waals surface area contributed by atoms with Crippen LogP contribution in [0.4, 0.5) is 0 Å². The summed E-state index contributed by atoms with van der Waals surface area (Å²) < 4.78 is 3.43. The average Bonchev–Trinajstić information content (AvgIpc) is 2.71. The molecular formula is C10H12ClN5O3. The van der Waals surface area contributed by atoms with Gasteiger partial charge in [0.15, 0.2) is 11.2 Å². The molecule has 2 aromatic rings. The number of amides is 1. The molecule has 0 saturated heterocycles. The summed E-state index contributed by atoms with van der Waals surface area (Å²) >= 11 is 5.93. The smallest absolute Gasteiger partial charge is 0.332 e. The van der Waals surface area contributed by atoms with Crippen molar-refractivity contribution in [2.45, 2.75) is 6.54 Å². The van der Waals surface area contributed by atoms with Crippen molar-refractivity contribution < 1.29 is 4.79 Å². The molecule has 0 unspecified atom stereocenters. The number of hydrogen-bond acceptors (Lipinski definition) is 4. The van der Waals surface area contributed by atoms with E-state index in [4.69, 9.17) is 11.6 Å². The summed E-state index contributed by atoms with van der Waals surface area (Å²) in [7, 11) is 4.32. The molecule has 0 radical (unpaired) electrons. The van der Waals surface area contributed by atoms with Gasteiger partial charge in [-0.25, -0.2) is 4.79 Å². The minimum absolute atomic E-state index is 0.0168. The predicted octanol–water partition coefficient (Wildman–Crippen LogP) is -1.17. The molecule has 8 nitrogen and oxygen atoms in total. The maximum Gasteiger partial charge on any atom is 0.332 e. The summed E-state index contributed by atoms with van der Waals surface area (Å²) in [6.07, 6.45) is 0. The minimum Gasteiger partial charge on any atom is -0.358 e. The van der Waals surface area contributed by atoms with Gasteiger partial charge in [0, 0.05) is 21.1 Å². The van der Waals surface area contributed by atoms with Gasteiger partial charge in [0.25, 0.3) is 5.56 Å². The Hall–Kier alpha value is -2.09. The van der Waals surface area contributed by atoms with Gasteiger partial charge in [-0.3, -0.25) is 23.3 Å². The second-order valence-electron chi connectivity index (χ2n) is 4.02. The maximum atomic E-state index is 12.1. The van der Waals surface area contributed by atoms with E-state index in [9.17, 15) is 14.4 Å². The SMILES string of the molecule is CNC(=O)Cn1c(Cl)nc2c1c(=O)n(C)c(=O)n2C. The Labute approximate surface area is 112 Å². The van der Waals surface area contributed by atoms with Crippen molar-refractivity contribution in [3.63, 3.8) is 0 Å². The number of nitrogens with zero attached hydrogens (tertiary/aromatic N) is 4. The fourth-order valence-corrected chi connectivity index (χ4v) is 2.01. The van der Waals surface area contributed by atoms with E-state index in [1.807, 2.05) is 0 Å². The number of halogens is 1. The van der Waals surface area contributed by atoms with Crippen molar-refractivity contribution in [1.29, 1.82) is 0 Å². The van der Waals surface area contributed by atoms with Crippen molar-refractivity contribution in [2.75, 3.05) is 7.05 Å². The zero-order chi connectivity index (χ0) is 14.3. The molecule has 0 aromatic carbocycles. The molecule has 0 atom stereocenters. The Morgan fingerprint density at radius 3 is 2.53 bits per heavy atom. The number of imidazole rings is 1. The van der Waals surface area contributed by atoms with Crippen LogP contribution in [0.15, 0.2) is 9.59 Å². The molecule has 9 heteroatoms. The van der Waals surface area contributed by atoms with E-state index in [0.717, 1.165) is 4.57 Å². The average molecular weight is 286 g/mol. The maximum absolute atomic E-state index is 12.1. The van der Waals surface area contributed by atoms with Gasteiger partial charge in [0.1, 0.15) is 6.54 Å². The molecular weight excluding hydrogens is 274 g/mol. The molecule has 0 spiro atoms. The Balaban J connectivity index is 2.87. The van der Waals surface area contributed by atoms with E-state index in [1.54, 1.807) is 0 Å². The molecule has 0 aliphatic rings. The number of carbonyl (C=O) groups excluding carboxylic acids is 1. The molecule has 102 valence electrons. The second kappa shape index (κ2) is 4.54. The van der Waals surface area contributed by atoms with E-state index < -0.39 is 11.2 Å². The molecule has 2 heterocycles. The third-order valence-electron chi connectivity index (χ3n) is 2.88. The molecule has 0 bridgehead atoms. The monoisotopic (exact) mass is 285 g/mol. The minimum atomic E-state index is -0.540. The van der Waals surface area contributed by atoms with Gasteiger partial charge < -0.3 is 5.32 Å². The number of nitrogens with one attached hydrogen (secondary N) is 1. The standard InChI is InChI=1S/C10H12ClN5O3/c1-12-5(17)4-16-6-7(13-9(16)11)14(2)10(19)15(3)8(6)18/h4H2,1-3H3,(H,12,17). The lowest BCUT2D eigenvalue weighted by Crippen LogP contribution is -2.38. The molecule has 1 amide bonds. The fraction of sp³-hybridized carbons (Fsp3) is 0.400. The highest BCUT2D eigenvalue weighted by Gasteiger charge is 2.19. The fourth-order valence-electron chi connectivity index (χ4n) is 1.79. The summed E-state index contributed by atoms with van der Waals surface area (Å²) in [5.41, 5.74) is -0.764. The summed E-state index contributed by atoms with van der Waals surface area (Å²) in [5, 5.41) is 2.41. The topological polar surface area (TPSA) is 90.9 Å². The Morgan fingerprint density at radius 2 is 1.95 bits per heavy atom. The van der Waals surface area contributed by atoms with Crippen LogP contribution in [-0.2, 0) is 25.4 Å². The highest BCUT2D eigenvalue weighted by Crippen LogP contribution is 2.14. The Bertz CT molecular complexity index is 785. The zero-order valence-electron chi connectivity index (χ0n) is 10.6. The van der Waals surface area contributed by atoms with Gasteiger partial charge >= 0.3 is 5.69 Å². The van der Waals surface area contributed by atoms with Crippen molar-refractivity contribution >= 4 is 28.7 Å². The molecule has 2 rings (SSSR count). The van der Waals surface area contributed by atoms with Crippen LogP contribution in [0.5, 0.6) is 0 Å². The number of aromatic nitrogens is 4. The number of likely N-dealkylation sites (N-methyl/N-ethyl adjacent to an activating group) is 1. The molecule has 0 aliphatic heterocycles. The lowest BCUT2D eigenvalue weighted by molar-refractivity contribution is -0.121. The Kier molecular flexibility index (Phi) is 3.19. The van der Waals surface area contributed by atoms with Crippen molar-refractivity contribution in [2.24, 2.45) is 14.1 Å². The quantitative estimate of drug-likeness (QED) is 0.704. The summed E-state index contributed by atoms with van der Waals surface area (Å²) in [6.45, 7) is -0.140. The lowest BCUT2D eigenvalue weighted by atomic mass is 10.4. The number of aryl methyl sites for hydroxylation is 1. The molecule has 19 heavy (non-hydrogen) atoms. The van der Waals surface area contributed by atoms with Crippen LogP contribution in [0.1, 0.15) is 0 Å². The van der Waals surface area contributed by atoms with Gasteiger partial charge in [-0.2, -0.15) is 4.98 Å². The highest BCUT2D eigenvalue weighted by molar-refractivity contribution is 6.29. The predicted molar refractivity (Wildman–Crippen MR) is 69.3 cm³/mol. The molecule has 0 saturated carbocycles. The van der Waals surface area contributed by atoms with Crippen LogP contribution in [0, 0.1) is 0 Å². The van der Waals surface area contributed by atoms with Crippen LogP contribution >= 0.6 is 11.6 Å². The number of fused-ring (bicyclic) bond motifs is 1. The van der Waals surface area contributed by atoms with E-state index in [0.29, 0.717) is 0 Å². The zero-order valence-corrected chi connectivity index (χ0v) is 11.4. The van der Waals surface area contributed by atoms with Gasteiger partial charge in [-0.05, 0) is 11.6 Å². The van der Waals surface area contributed by atoms with Gasteiger partial charge in [0.05, 0.1) is 0 Å².